The van der Waals surface area contributed by atoms with Crippen LogP contribution in [0.2, 0.25) is 0 Å². The lowest BCUT2D eigenvalue weighted by Crippen LogP contribution is -2.18. The Hall–Kier alpha value is -4.52. The van der Waals surface area contributed by atoms with Gasteiger partial charge in [0, 0.05) is 22.0 Å². The Morgan fingerprint density at radius 1 is 0.912 bits per heavy atom. The number of carbonyl (C=O) groups is 2. The Balaban J connectivity index is 1.44. The fraction of sp³-hybridized carbons (Fsp3) is 0.111. The van der Waals surface area contributed by atoms with Crippen molar-refractivity contribution in [2.24, 2.45) is 0 Å². The molecule has 7 heteroatoms. The van der Waals surface area contributed by atoms with E-state index in [0.29, 0.717) is 39.2 Å². The first-order valence-corrected chi connectivity index (χ1v) is 10.8. The molecule has 0 fully saturated rings. The van der Waals surface area contributed by atoms with E-state index in [1.54, 1.807) is 43.7 Å². The number of hydrogen-bond donors (Lipinski definition) is 2. The average Bonchev–Trinajstić information content (AvgIpc) is 3.40. The number of rotatable bonds is 6. The molecule has 5 aromatic rings. The van der Waals surface area contributed by atoms with Gasteiger partial charge in [0.15, 0.2) is 0 Å². The molecule has 0 saturated carbocycles. The summed E-state index contributed by atoms with van der Waals surface area (Å²) in [6, 6.07) is 20.1. The quantitative estimate of drug-likeness (QED) is 0.332. The molecule has 170 valence electrons. The summed E-state index contributed by atoms with van der Waals surface area (Å²) in [7, 11) is 1.58. The summed E-state index contributed by atoms with van der Waals surface area (Å²) >= 11 is 0. The van der Waals surface area contributed by atoms with E-state index in [4.69, 9.17) is 13.6 Å². The molecule has 0 saturated heterocycles. The number of carbonyl (C=O) groups excluding carboxylic acids is 2. The van der Waals surface area contributed by atoms with E-state index >= 15 is 0 Å². The number of anilines is 2. The maximum Gasteiger partial charge on any atom is 0.293 e. The molecule has 0 aliphatic carbocycles. The lowest BCUT2D eigenvalue weighted by molar-refractivity contribution is -0.115. The zero-order valence-corrected chi connectivity index (χ0v) is 18.7. The molecule has 2 N–H and O–H groups in total. The predicted octanol–water partition coefficient (Wildman–Crippen LogP) is 5.93. The van der Waals surface area contributed by atoms with E-state index in [9.17, 15) is 9.59 Å². The third kappa shape index (κ3) is 4.11. The zero-order valence-electron chi connectivity index (χ0n) is 18.7. The lowest BCUT2D eigenvalue weighted by Gasteiger charge is -2.08. The van der Waals surface area contributed by atoms with E-state index in [1.807, 2.05) is 43.3 Å². The fourth-order valence-electron chi connectivity index (χ4n) is 3.92. The first-order chi connectivity index (χ1) is 16.5. The first-order valence-electron chi connectivity index (χ1n) is 10.8. The van der Waals surface area contributed by atoms with Crippen molar-refractivity contribution in [2.45, 2.75) is 13.3 Å². The predicted molar refractivity (Wildman–Crippen MR) is 130 cm³/mol. The number of fused-ring (bicyclic) bond motifs is 2. The Morgan fingerprint density at radius 2 is 1.76 bits per heavy atom. The molecular weight excluding hydrogens is 432 g/mol. The highest BCUT2D eigenvalue weighted by Crippen LogP contribution is 2.32. The molecule has 2 amide bonds. The maximum absolute atomic E-state index is 13.1. The van der Waals surface area contributed by atoms with Crippen LogP contribution in [0.1, 0.15) is 21.7 Å². The summed E-state index contributed by atoms with van der Waals surface area (Å²) in [5.41, 5.74) is 3.86. The molecule has 34 heavy (non-hydrogen) atoms. The zero-order chi connectivity index (χ0) is 23.7. The molecule has 0 spiro atoms. The van der Waals surface area contributed by atoms with Crippen molar-refractivity contribution in [2.75, 3.05) is 17.7 Å². The number of para-hydroxylation sites is 1. The molecule has 0 radical (unpaired) electrons. The molecule has 0 unspecified atom stereocenters. The van der Waals surface area contributed by atoms with Gasteiger partial charge in [-0.05, 0) is 55.0 Å². The third-order valence-corrected chi connectivity index (χ3v) is 5.55. The maximum atomic E-state index is 13.1. The van der Waals surface area contributed by atoms with Crippen molar-refractivity contribution in [3.05, 3.63) is 89.9 Å². The van der Waals surface area contributed by atoms with Gasteiger partial charge in [0.05, 0.1) is 19.8 Å². The van der Waals surface area contributed by atoms with E-state index in [2.05, 4.69) is 10.6 Å². The summed E-state index contributed by atoms with van der Waals surface area (Å²) in [6.07, 6.45) is 1.61. The lowest BCUT2D eigenvalue weighted by atomic mass is 10.1. The molecule has 2 heterocycles. The number of benzene rings is 3. The fourth-order valence-corrected chi connectivity index (χ4v) is 3.92. The van der Waals surface area contributed by atoms with Crippen LogP contribution >= 0.6 is 0 Å². The summed E-state index contributed by atoms with van der Waals surface area (Å²) < 4.78 is 16.7. The van der Waals surface area contributed by atoms with Gasteiger partial charge in [-0.15, -0.1) is 0 Å². The standard InChI is InChI=1S/C27H22N2O5/c1-16-6-5-7-18(12-16)28-27(31)26-25(20-8-3-4-9-23(20)34-26)29-24(30)13-17-15-33-22-11-10-19(32-2)14-21(17)22/h3-12,14-15H,13H2,1-2H3,(H,28,31)(H,29,30). The summed E-state index contributed by atoms with van der Waals surface area (Å²) in [5, 5.41) is 7.16. The van der Waals surface area contributed by atoms with Gasteiger partial charge in [-0.1, -0.05) is 24.3 Å². The molecule has 0 bridgehead atoms. The average molecular weight is 454 g/mol. The van der Waals surface area contributed by atoms with E-state index in [0.717, 1.165) is 10.9 Å². The monoisotopic (exact) mass is 454 g/mol. The molecule has 2 aromatic heterocycles. The first kappa shape index (κ1) is 21.3. The highest BCUT2D eigenvalue weighted by molar-refractivity contribution is 6.14. The molecule has 5 rings (SSSR count). The molecule has 0 aliphatic heterocycles. The number of aryl methyl sites for hydroxylation is 1. The van der Waals surface area contributed by atoms with Crippen LogP contribution < -0.4 is 15.4 Å². The topological polar surface area (TPSA) is 93.7 Å². The van der Waals surface area contributed by atoms with Crippen LogP contribution in [0, 0.1) is 6.92 Å². The second kappa shape index (κ2) is 8.78. The summed E-state index contributed by atoms with van der Waals surface area (Å²) in [6.45, 7) is 1.94. The second-order valence-corrected chi connectivity index (χ2v) is 7.97. The van der Waals surface area contributed by atoms with Crippen LogP contribution in [0.5, 0.6) is 5.75 Å². The van der Waals surface area contributed by atoms with Crippen LogP contribution in [0.15, 0.2) is 81.8 Å². The van der Waals surface area contributed by atoms with Gasteiger partial charge in [-0.2, -0.15) is 0 Å². The number of amides is 2. The minimum Gasteiger partial charge on any atom is -0.497 e. The van der Waals surface area contributed by atoms with Crippen LogP contribution in [0.25, 0.3) is 21.9 Å². The number of ether oxygens (including phenoxy) is 1. The van der Waals surface area contributed by atoms with Crippen molar-refractivity contribution in [3.63, 3.8) is 0 Å². The number of nitrogens with one attached hydrogen (secondary N) is 2. The van der Waals surface area contributed by atoms with Crippen LogP contribution in [-0.2, 0) is 11.2 Å². The van der Waals surface area contributed by atoms with Crippen molar-refractivity contribution in [1.29, 1.82) is 0 Å². The SMILES string of the molecule is COc1ccc2occ(CC(=O)Nc3c(C(=O)Nc4cccc(C)c4)oc4ccccc34)c2c1. The summed E-state index contributed by atoms with van der Waals surface area (Å²) in [5.74, 6) is -0.0430. The van der Waals surface area contributed by atoms with Gasteiger partial charge in [-0.25, -0.2) is 0 Å². The third-order valence-electron chi connectivity index (χ3n) is 5.55. The van der Waals surface area contributed by atoms with E-state index in [-0.39, 0.29) is 18.1 Å². The smallest absolute Gasteiger partial charge is 0.293 e. The van der Waals surface area contributed by atoms with E-state index in [1.165, 1.54) is 0 Å². The van der Waals surface area contributed by atoms with Crippen molar-refractivity contribution in [1.82, 2.24) is 0 Å². The molecule has 0 atom stereocenters. The van der Waals surface area contributed by atoms with Crippen LogP contribution in [0.3, 0.4) is 0 Å². The van der Waals surface area contributed by atoms with Crippen LogP contribution in [-0.4, -0.2) is 18.9 Å². The summed E-state index contributed by atoms with van der Waals surface area (Å²) in [4.78, 5) is 26.1. The number of furan rings is 2. The minimum absolute atomic E-state index is 0.0368. The Labute approximate surface area is 195 Å². The Kier molecular flexibility index (Phi) is 5.51. The normalized spacial score (nSPS) is 11.0. The number of methoxy groups -OCH3 is 1. The van der Waals surface area contributed by atoms with Gasteiger partial charge in [0.1, 0.15) is 22.6 Å². The largest absolute Gasteiger partial charge is 0.497 e. The van der Waals surface area contributed by atoms with Gasteiger partial charge in [-0.3, -0.25) is 9.59 Å². The molecule has 7 nitrogen and oxygen atoms in total. The molecule has 3 aromatic carbocycles. The van der Waals surface area contributed by atoms with Gasteiger partial charge in [0.2, 0.25) is 11.7 Å². The van der Waals surface area contributed by atoms with Crippen molar-refractivity contribution >= 4 is 45.1 Å². The number of hydrogen-bond acceptors (Lipinski definition) is 5. The van der Waals surface area contributed by atoms with Gasteiger partial charge >= 0.3 is 0 Å². The van der Waals surface area contributed by atoms with Crippen LogP contribution in [0.4, 0.5) is 11.4 Å². The highest BCUT2D eigenvalue weighted by Gasteiger charge is 2.23. The minimum atomic E-state index is -0.449. The second-order valence-electron chi connectivity index (χ2n) is 7.97. The van der Waals surface area contributed by atoms with Gasteiger partial charge < -0.3 is 24.2 Å². The Bertz CT molecular complexity index is 1530. The van der Waals surface area contributed by atoms with Gasteiger partial charge in [0.25, 0.3) is 5.91 Å². The highest BCUT2D eigenvalue weighted by atomic mass is 16.5. The van der Waals surface area contributed by atoms with Crippen molar-refractivity contribution in [3.8, 4) is 5.75 Å². The molecular formula is C27H22N2O5. The van der Waals surface area contributed by atoms with Crippen molar-refractivity contribution < 1.29 is 23.2 Å². The molecule has 0 aliphatic rings. The Morgan fingerprint density at radius 3 is 2.59 bits per heavy atom. The van der Waals surface area contributed by atoms with E-state index < -0.39 is 5.91 Å².